The van der Waals surface area contributed by atoms with Crippen LogP contribution in [0.25, 0.3) is 17.0 Å². The van der Waals surface area contributed by atoms with Crippen molar-refractivity contribution in [2.45, 2.75) is 0 Å². The maximum atomic E-state index is 12.9. The molecule has 0 unspecified atom stereocenters. The molecule has 0 bridgehead atoms. The first-order valence-electron chi connectivity index (χ1n) is 10.6. The molecule has 0 saturated heterocycles. The Kier molecular flexibility index (Phi) is 5.62. The fourth-order valence-electron chi connectivity index (χ4n) is 3.85. The van der Waals surface area contributed by atoms with Crippen molar-refractivity contribution in [1.82, 2.24) is 0 Å². The lowest BCUT2D eigenvalue weighted by molar-refractivity contribution is 0.0703. The average Bonchev–Trinajstić information content (AvgIpc) is 3.45. The van der Waals surface area contributed by atoms with Gasteiger partial charge in [0.1, 0.15) is 11.5 Å². The Morgan fingerprint density at radius 1 is 0.886 bits per heavy atom. The van der Waals surface area contributed by atoms with E-state index < -0.39 is 5.97 Å². The van der Waals surface area contributed by atoms with Gasteiger partial charge in [-0.25, -0.2) is 4.79 Å². The number of carbonyl (C=O) groups excluding carboxylic acids is 2. The fraction of sp³-hybridized carbons (Fsp3) is 0.111. The van der Waals surface area contributed by atoms with Crippen LogP contribution < -0.4 is 23.7 Å². The van der Waals surface area contributed by atoms with Gasteiger partial charge in [-0.15, -0.1) is 0 Å². The smallest absolute Gasteiger partial charge is 0.379 e. The molecule has 5 rings (SSSR count). The number of hydrogen-bond donors (Lipinski definition) is 0. The molecular weight excluding hydrogens is 452 g/mol. The molecule has 35 heavy (non-hydrogen) atoms. The number of allylic oxidation sites excluding steroid dienone is 1. The first kappa shape index (κ1) is 22.1. The molecule has 3 aromatic carbocycles. The van der Waals surface area contributed by atoms with E-state index in [0.29, 0.717) is 39.3 Å². The van der Waals surface area contributed by atoms with Crippen LogP contribution in [0.2, 0.25) is 0 Å². The zero-order valence-corrected chi connectivity index (χ0v) is 19.1. The third kappa shape index (κ3) is 3.95. The summed E-state index contributed by atoms with van der Waals surface area (Å²) in [7, 11) is 4.57. The highest BCUT2D eigenvalue weighted by Gasteiger charge is 2.29. The molecule has 1 aliphatic heterocycles. The van der Waals surface area contributed by atoms with Gasteiger partial charge in [0.25, 0.3) is 0 Å². The maximum Gasteiger partial charge on any atom is 0.379 e. The molecule has 0 saturated carbocycles. The quantitative estimate of drug-likeness (QED) is 0.212. The van der Waals surface area contributed by atoms with Crippen molar-refractivity contribution in [2.75, 3.05) is 21.3 Å². The molecule has 0 atom stereocenters. The number of ether oxygens (including phenoxy) is 5. The monoisotopic (exact) mass is 472 g/mol. The van der Waals surface area contributed by atoms with Crippen molar-refractivity contribution in [1.29, 1.82) is 0 Å². The summed E-state index contributed by atoms with van der Waals surface area (Å²) in [5.41, 5.74) is 1.42. The standard InChI is InChI=1S/C27H20O8/c1-30-19-8-4-6-15(25(19)32-3)12-22-24(28)18-11-10-17(14-21(18)34-22)33-27(29)23-13-16-7-5-9-20(31-2)26(16)35-23/h4-14H,1-3H3/b22-12-. The Hall–Kier alpha value is -4.72. The number of esters is 1. The Morgan fingerprint density at radius 2 is 1.66 bits per heavy atom. The lowest BCUT2D eigenvalue weighted by Crippen LogP contribution is -2.07. The van der Waals surface area contributed by atoms with Gasteiger partial charge in [-0.2, -0.15) is 0 Å². The Morgan fingerprint density at radius 3 is 2.43 bits per heavy atom. The van der Waals surface area contributed by atoms with Crippen molar-refractivity contribution in [3.8, 4) is 28.7 Å². The number of methoxy groups -OCH3 is 3. The van der Waals surface area contributed by atoms with E-state index in [4.69, 9.17) is 28.1 Å². The van der Waals surface area contributed by atoms with Crippen LogP contribution in [-0.2, 0) is 0 Å². The molecule has 1 aliphatic rings. The first-order chi connectivity index (χ1) is 17.0. The molecule has 1 aromatic heterocycles. The second-order valence-corrected chi connectivity index (χ2v) is 7.56. The van der Waals surface area contributed by atoms with Crippen LogP contribution in [0.1, 0.15) is 26.5 Å². The van der Waals surface area contributed by atoms with E-state index in [1.165, 1.54) is 33.5 Å². The summed E-state index contributed by atoms with van der Waals surface area (Å²) in [6, 6.07) is 16.8. The lowest BCUT2D eigenvalue weighted by Gasteiger charge is -2.10. The van der Waals surface area contributed by atoms with Crippen molar-refractivity contribution in [3.63, 3.8) is 0 Å². The van der Waals surface area contributed by atoms with Gasteiger partial charge in [0, 0.05) is 17.0 Å². The second kappa shape index (κ2) is 8.90. The topological polar surface area (TPSA) is 93.4 Å². The van der Waals surface area contributed by atoms with E-state index >= 15 is 0 Å². The van der Waals surface area contributed by atoms with Gasteiger partial charge < -0.3 is 28.1 Å². The summed E-state index contributed by atoms with van der Waals surface area (Å²) in [5.74, 6) is 1.14. The number of carbonyl (C=O) groups is 2. The van der Waals surface area contributed by atoms with E-state index in [1.54, 1.807) is 54.6 Å². The normalized spacial score (nSPS) is 13.5. The SMILES string of the molecule is COc1cccc(/C=C2\Oc3cc(OC(=O)c4cc5cccc(OC)c5o4)ccc3C2=O)c1OC. The van der Waals surface area contributed by atoms with E-state index in [1.807, 2.05) is 0 Å². The molecule has 0 amide bonds. The van der Waals surface area contributed by atoms with Crippen LogP contribution in [0.15, 0.2) is 70.8 Å². The molecule has 8 nitrogen and oxygen atoms in total. The van der Waals surface area contributed by atoms with Gasteiger partial charge in [0.15, 0.2) is 28.6 Å². The molecule has 0 fully saturated rings. The number of ketones is 1. The minimum atomic E-state index is -0.690. The molecule has 4 aromatic rings. The highest BCUT2D eigenvalue weighted by Crippen LogP contribution is 2.38. The van der Waals surface area contributed by atoms with Gasteiger partial charge in [0.05, 0.1) is 26.9 Å². The van der Waals surface area contributed by atoms with E-state index in [-0.39, 0.29) is 28.8 Å². The third-order valence-electron chi connectivity index (χ3n) is 5.50. The Balaban J connectivity index is 1.39. The fourth-order valence-corrected chi connectivity index (χ4v) is 3.85. The zero-order valence-electron chi connectivity index (χ0n) is 19.1. The van der Waals surface area contributed by atoms with Crippen LogP contribution in [0.5, 0.6) is 28.7 Å². The third-order valence-corrected chi connectivity index (χ3v) is 5.50. The summed E-state index contributed by atoms with van der Waals surface area (Å²) in [6.45, 7) is 0. The van der Waals surface area contributed by atoms with E-state index in [2.05, 4.69) is 0 Å². The number of rotatable bonds is 6. The Bertz CT molecular complexity index is 1490. The minimum Gasteiger partial charge on any atom is -0.493 e. The van der Waals surface area contributed by atoms with Gasteiger partial charge >= 0.3 is 5.97 Å². The minimum absolute atomic E-state index is 0.0210. The number of Topliss-reactive ketones (excluding diaryl/α,β-unsaturated/α-hetero) is 1. The average molecular weight is 472 g/mol. The summed E-state index contributed by atoms with van der Waals surface area (Å²) >= 11 is 0. The number of para-hydroxylation sites is 2. The van der Waals surface area contributed by atoms with E-state index in [0.717, 1.165) is 0 Å². The van der Waals surface area contributed by atoms with Crippen LogP contribution in [0.3, 0.4) is 0 Å². The van der Waals surface area contributed by atoms with E-state index in [9.17, 15) is 9.59 Å². The van der Waals surface area contributed by atoms with Crippen LogP contribution in [-0.4, -0.2) is 33.1 Å². The molecule has 0 aliphatic carbocycles. The first-order valence-corrected chi connectivity index (χ1v) is 10.6. The molecule has 0 radical (unpaired) electrons. The van der Waals surface area contributed by atoms with Gasteiger partial charge in [-0.05, 0) is 36.4 Å². The summed E-state index contributed by atoms with van der Waals surface area (Å²) < 4.78 is 32.9. The van der Waals surface area contributed by atoms with Crippen molar-refractivity contribution in [3.05, 3.63) is 83.3 Å². The summed E-state index contributed by atoms with van der Waals surface area (Å²) in [6.07, 6.45) is 1.58. The number of hydrogen-bond acceptors (Lipinski definition) is 8. The highest BCUT2D eigenvalue weighted by molar-refractivity contribution is 6.14. The maximum absolute atomic E-state index is 12.9. The van der Waals surface area contributed by atoms with Crippen molar-refractivity contribution < 1.29 is 37.7 Å². The molecule has 0 N–H and O–H groups in total. The lowest BCUT2D eigenvalue weighted by atomic mass is 10.1. The van der Waals surface area contributed by atoms with Crippen LogP contribution in [0.4, 0.5) is 0 Å². The number of fused-ring (bicyclic) bond motifs is 2. The largest absolute Gasteiger partial charge is 0.493 e. The molecule has 8 heteroatoms. The van der Waals surface area contributed by atoms with Gasteiger partial charge in [0.2, 0.25) is 11.5 Å². The second-order valence-electron chi connectivity index (χ2n) is 7.56. The van der Waals surface area contributed by atoms with Crippen LogP contribution in [0, 0.1) is 0 Å². The van der Waals surface area contributed by atoms with Crippen LogP contribution >= 0.6 is 0 Å². The Labute approximate surface area is 200 Å². The summed E-state index contributed by atoms with van der Waals surface area (Å²) in [5, 5.41) is 0.710. The molecular formula is C27H20O8. The molecule has 0 spiro atoms. The van der Waals surface area contributed by atoms with Crippen molar-refractivity contribution >= 4 is 28.8 Å². The summed E-state index contributed by atoms with van der Waals surface area (Å²) in [4.78, 5) is 25.6. The number of benzene rings is 3. The zero-order chi connectivity index (χ0) is 24.5. The predicted octanol–water partition coefficient (Wildman–Crippen LogP) is 5.29. The number of furan rings is 1. The van der Waals surface area contributed by atoms with Gasteiger partial charge in [-0.1, -0.05) is 24.3 Å². The van der Waals surface area contributed by atoms with Gasteiger partial charge in [-0.3, -0.25) is 4.79 Å². The predicted molar refractivity (Wildman–Crippen MR) is 127 cm³/mol. The highest BCUT2D eigenvalue weighted by atomic mass is 16.6. The molecule has 176 valence electrons. The van der Waals surface area contributed by atoms with Crippen molar-refractivity contribution in [2.24, 2.45) is 0 Å². The molecule has 2 heterocycles.